The van der Waals surface area contributed by atoms with Crippen LogP contribution in [0.5, 0.6) is 0 Å². The maximum Gasteiger partial charge on any atom is 0.340 e. The summed E-state index contributed by atoms with van der Waals surface area (Å²) in [6.07, 6.45) is 0.861. The summed E-state index contributed by atoms with van der Waals surface area (Å²) in [6, 6.07) is 5.09. The van der Waals surface area contributed by atoms with Crippen LogP contribution in [0.15, 0.2) is 41.0 Å². The number of hydrogen-bond donors (Lipinski definition) is 1. The Morgan fingerprint density at radius 2 is 2.04 bits per heavy atom. The fourth-order valence-corrected chi connectivity index (χ4v) is 4.06. The molecule has 1 aliphatic heterocycles. The summed E-state index contributed by atoms with van der Waals surface area (Å²) in [7, 11) is 0. The molecule has 7 heteroatoms. The van der Waals surface area contributed by atoms with Gasteiger partial charge in [0.1, 0.15) is 11.3 Å². The minimum atomic E-state index is -0.775. The molecule has 144 valence electrons. The van der Waals surface area contributed by atoms with Gasteiger partial charge in [0, 0.05) is 18.4 Å². The molecule has 0 radical (unpaired) electrons. The average molecular weight is 410 g/mol. The van der Waals surface area contributed by atoms with Crippen LogP contribution in [-0.2, 0) is 19.1 Å². The third kappa shape index (κ3) is 3.58. The number of carbonyl (C=O) groups excluding carboxylic acids is 2. The summed E-state index contributed by atoms with van der Waals surface area (Å²) in [6.45, 7) is 5.83. The first kappa shape index (κ1) is 19.8. The van der Waals surface area contributed by atoms with Gasteiger partial charge in [-0.05, 0) is 24.0 Å². The van der Waals surface area contributed by atoms with Gasteiger partial charge < -0.3 is 15.2 Å². The second-order valence-electron chi connectivity index (χ2n) is 7.45. The highest BCUT2D eigenvalue weighted by Gasteiger charge is 2.45. The third-order valence-electron chi connectivity index (χ3n) is 4.74. The van der Waals surface area contributed by atoms with Crippen molar-refractivity contribution in [1.29, 1.82) is 0 Å². The monoisotopic (exact) mass is 409 g/mol. The van der Waals surface area contributed by atoms with E-state index in [-0.39, 0.29) is 34.3 Å². The molecule has 1 aliphatic carbocycles. The van der Waals surface area contributed by atoms with Crippen LogP contribution in [0.4, 0.5) is 0 Å². The van der Waals surface area contributed by atoms with Crippen molar-refractivity contribution < 1.29 is 19.1 Å². The molecule has 3 rings (SSSR count). The van der Waals surface area contributed by atoms with E-state index in [9.17, 15) is 9.59 Å². The Kier molecular flexibility index (Phi) is 5.28. The molecule has 1 aromatic rings. The number of rotatable bonds is 3. The molecule has 0 saturated heterocycles. The highest BCUT2D eigenvalue weighted by atomic mass is 35.5. The lowest BCUT2D eigenvalue weighted by atomic mass is 9.70. The van der Waals surface area contributed by atoms with Crippen LogP contribution in [0.2, 0.25) is 10.0 Å². The zero-order valence-corrected chi connectivity index (χ0v) is 16.9. The first-order chi connectivity index (χ1) is 12.7. The van der Waals surface area contributed by atoms with E-state index in [0.717, 1.165) is 0 Å². The quantitative estimate of drug-likeness (QED) is 0.744. The second-order valence-corrected chi connectivity index (χ2v) is 8.24. The normalized spacial score (nSPS) is 21.7. The standard InChI is InChI=1S/C20H21Cl2NO4/c1-4-26-19(25)16-14(10-6-5-7-11(21)17(10)22)15-12(24)8-20(2,3)9-13(15)27-18(16)23/h5-7,14H,4,8-9,23H2,1-3H3/t14-/m1/s1. The summed E-state index contributed by atoms with van der Waals surface area (Å²) >= 11 is 12.6. The van der Waals surface area contributed by atoms with Crippen LogP contribution in [0, 0.1) is 5.41 Å². The van der Waals surface area contributed by atoms with Gasteiger partial charge in [0.25, 0.3) is 0 Å². The number of benzene rings is 1. The molecule has 5 nitrogen and oxygen atoms in total. The number of carbonyl (C=O) groups is 2. The molecule has 0 amide bonds. The van der Waals surface area contributed by atoms with Crippen molar-refractivity contribution in [2.24, 2.45) is 11.1 Å². The van der Waals surface area contributed by atoms with E-state index in [1.54, 1.807) is 25.1 Å². The molecule has 2 aliphatic rings. The molecular formula is C20H21Cl2NO4. The molecule has 0 saturated carbocycles. The van der Waals surface area contributed by atoms with Crippen molar-refractivity contribution in [3.63, 3.8) is 0 Å². The fraction of sp³-hybridized carbons (Fsp3) is 0.400. The maximum atomic E-state index is 13.0. The molecule has 2 N–H and O–H groups in total. The van der Waals surface area contributed by atoms with Crippen LogP contribution < -0.4 is 5.73 Å². The molecule has 1 aromatic carbocycles. The highest BCUT2D eigenvalue weighted by molar-refractivity contribution is 6.42. The van der Waals surface area contributed by atoms with Crippen molar-refractivity contribution >= 4 is 35.0 Å². The van der Waals surface area contributed by atoms with E-state index in [2.05, 4.69) is 0 Å². The Labute approximate surface area is 168 Å². The zero-order chi connectivity index (χ0) is 19.9. The molecule has 0 aromatic heterocycles. The number of allylic oxidation sites excluding steroid dienone is 2. The van der Waals surface area contributed by atoms with Crippen molar-refractivity contribution in [1.82, 2.24) is 0 Å². The minimum Gasteiger partial charge on any atom is -0.462 e. The molecule has 1 heterocycles. The Morgan fingerprint density at radius 3 is 2.70 bits per heavy atom. The van der Waals surface area contributed by atoms with Crippen molar-refractivity contribution in [2.45, 2.75) is 39.5 Å². The van der Waals surface area contributed by atoms with E-state index < -0.39 is 11.9 Å². The van der Waals surface area contributed by atoms with Gasteiger partial charge in [-0.15, -0.1) is 0 Å². The summed E-state index contributed by atoms with van der Waals surface area (Å²) in [5, 5.41) is 0.596. The average Bonchev–Trinajstić information content (AvgIpc) is 2.55. The van der Waals surface area contributed by atoms with Crippen molar-refractivity contribution in [2.75, 3.05) is 6.61 Å². The van der Waals surface area contributed by atoms with Crippen molar-refractivity contribution in [3.8, 4) is 0 Å². The van der Waals surface area contributed by atoms with Gasteiger partial charge in [-0.2, -0.15) is 0 Å². The lowest BCUT2D eigenvalue weighted by molar-refractivity contribution is -0.139. The molecule has 0 bridgehead atoms. The predicted octanol–water partition coefficient (Wildman–Crippen LogP) is 4.48. The molecule has 0 fully saturated rings. The van der Waals surface area contributed by atoms with E-state index in [1.165, 1.54) is 0 Å². The molecule has 0 unspecified atom stereocenters. The summed E-state index contributed by atoms with van der Waals surface area (Å²) in [5.74, 6) is -1.11. The molecule has 0 spiro atoms. The lowest BCUT2D eigenvalue weighted by Gasteiger charge is -2.38. The van der Waals surface area contributed by atoms with Gasteiger partial charge in [0.2, 0.25) is 5.88 Å². The molecule has 27 heavy (non-hydrogen) atoms. The summed E-state index contributed by atoms with van der Waals surface area (Å²) < 4.78 is 10.9. The Bertz CT molecular complexity index is 886. The number of ether oxygens (including phenoxy) is 2. The number of halogens is 2. The van der Waals surface area contributed by atoms with Crippen LogP contribution in [0.1, 0.15) is 45.1 Å². The van der Waals surface area contributed by atoms with E-state index in [4.69, 9.17) is 38.4 Å². The summed E-state index contributed by atoms with van der Waals surface area (Å²) in [4.78, 5) is 25.7. The summed E-state index contributed by atoms with van der Waals surface area (Å²) in [5.41, 5.74) is 6.84. The van der Waals surface area contributed by atoms with Crippen LogP contribution in [0.3, 0.4) is 0 Å². The molecule has 1 atom stereocenters. The van der Waals surface area contributed by atoms with Gasteiger partial charge >= 0.3 is 5.97 Å². The number of ketones is 1. The van der Waals surface area contributed by atoms with Crippen LogP contribution in [0.25, 0.3) is 0 Å². The highest BCUT2D eigenvalue weighted by Crippen LogP contribution is 2.50. The van der Waals surface area contributed by atoms with Crippen molar-refractivity contribution in [3.05, 3.63) is 56.6 Å². The van der Waals surface area contributed by atoms with Crippen LogP contribution in [-0.4, -0.2) is 18.4 Å². The number of nitrogens with two attached hydrogens (primary N) is 1. The number of hydrogen-bond acceptors (Lipinski definition) is 5. The van der Waals surface area contributed by atoms with E-state index in [0.29, 0.717) is 34.8 Å². The Balaban J connectivity index is 2.24. The Morgan fingerprint density at radius 1 is 1.33 bits per heavy atom. The third-order valence-corrected chi connectivity index (χ3v) is 5.58. The number of Topliss-reactive ketones (excluding diaryl/α,β-unsaturated/α-hetero) is 1. The van der Waals surface area contributed by atoms with Gasteiger partial charge in [-0.3, -0.25) is 4.79 Å². The van der Waals surface area contributed by atoms with Gasteiger partial charge in [0.15, 0.2) is 5.78 Å². The maximum absolute atomic E-state index is 13.0. The van der Waals surface area contributed by atoms with Gasteiger partial charge in [-0.25, -0.2) is 4.79 Å². The van der Waals surface area contributed by atoms with E-state index >= 15 is 0 Å². The second kappa shape index (κ2) is 7.21. The van der Waals surface area contributed by atoms with Gasteiger partial charge in [0.05, 0.1) is 22.6 Å². The largest absolute Gasteiger partial charge is 0.462 e. The fourth-order valence-electron chi connectivity index (χ4n) is 3.65. The van der Waals surface area contributed by atoms with E-state index in [1.807, 2.05) is 13.8 Å². The minimum absolute atomic E-state index is 0.0706. The first-order valence-corrected chi connectivity index (χ1v) is 9.46. The topological polar surface area (TPSA) is 78.6 Å². The predicted molar refractivity (Wildman–Crippen MR) is 103 cm³/mol. The number of esters is 1. The lowest BCUT2D eigenvalue weighted by Crippen LogP contribution is -2.35. The van der Waals surface area contributed by atoms with Gasteiger partial charge in [-0.1, -0.05) is 49.2 Å². The SMILES string of the molecule is CCOC(=O)C1=C(N)OC2=C(C(=O)CC(C)(C)C2)[C@H]1c1cccc(Cl)c1Cl. The first-order valence-electron chi connectivity index (χ1n) is 8.71. The van der Waals surface area contributed by atoms with Crippen LogP contribution >= 0.6 is 23.2 Å². The smallest absolute Gasteiger partial charge is 0.340 e. The molecular weight excluding hydrogens is 389 g/mol. The Hall–Kier alpha value is -1.98. The zero-order valence-electron chi connectivity index (χ0n) is 15.4.